The quantitative estimate of drug-likeness (QED) is 0.658. The fraction of sp³-hybridized carbons (Fsp3) is 0.300. The maximum Gasteiger partial charge on any atom is 0.337 e. The molecule has 0 radical (unpaired) electrons. The molecule has 0 spiro atoms. The molecule has 1 unspecified atom stereocenters. The third-order valence-electron chi connectivity index (χ3n) is 2.15. The third-order valence-corrected chi connectivity index (χ3v) is 2.15. The van der Waals surface area contributed by atoms with Crippen LogP contribution < -0.4 is 5.32 Å². The van der Waals surface area contributed by atoms with Crippen molar-refractivity contribution in [3.05, 3.63) is 29.6 Å². The van der Waals surface area contributed by atoms with Crippen LogP contribution in [0.2, 0.25) is 0 Å². The minimum Gasteiger partial charge on any atom is -0.479 e. The van der Waals surface area contributed by atoms with Crippen LogP contribution in [0.1, 0.15) is 17.3 Å². The number of hydrogen-bond acceptors (Lipinski definition) is 4. The van der Waals surface area contributed by atoms with E-state index in [9.17, 15) is 23.5 Å². The second-order valence-electron chi connectivity index (χ2n) is 3.72. The number of pyridine rings is 1. The van der Waals surface area contributed by atoms with Gasteiger partial charge in [0.1, 0.15) is 0 Å². The van der Waals surface area contributed by atoms with Crippen LogP contribution in [0.3, 0.4) is 0 Å². The molecular weight excluding hydrogens is 250 g/mol. The Bertz CT molecular complexity index is 491. The first-order chi connectivity index (χ1) is 8.25. The molecule has 6 nitrogen and oxygen atoms in total. The molecule has 0 aliphatic rings. The second kappa shape index (κ2) is 5.05. The minimum absolute atomic E-state index is 0.622. The van der Waals surface area contributed by atoms with Crippen molar-refractivity contribution in [2.45, 2.75) is 12.5 Å². The van der Waals surface area contributed by atoms with Crippen molar-refractivity contribution in [1.82, 2.24) is 10.3 Å². The van der Waals surface area contributed by atoms with Crippen LogP contribution >= 0.6 is 0 Å². The van der Waals surface area contributed by atoms with E-state index in [2.05, 4.69) is 4.98 Å². The highest BCUT2D eigenvalue weighted by Crippen LogP contribution is 2.09. The lowest BCUT2D eigenvalue weighted by molar-refractivity contribution is -0.155. The van der Waals surface area contributed by atoms with Crippen molar-refractivity contribution in [3.8, 4) is 0 Å². The van der Waals surface area contributed by atoms with Crippen LogP contribution in [-0.2, 0) is 4.79 Å². The van der Waals surface area contributed by atoms with Crippen LogP contribution in [-0.4, -0.2) is 39.2 Å². The summed E-state index contributed by atoms with van der Waals surface area (Å²) in [7, 11) is 0. The molecule has 18 heavy (non-hydrogen) atoms. The molecular formula is C10H10F2N2O4. The third kappa shape index (κ3) is 2.98. The predicted molar refractivity (Wildman–Crippen MR) is 54.7 cm³/mol. The van der Waals surface area contributed by atoms with E-state index in [0.717, 1.165) is 19.2 Å². The van der Waals surface area contributed by atoms with Gasteiger partial charge in [0.15, 0.2) is 11.4 Å². The summed E-state index contributed by atoms with van der Waals surface area (Å²) in [6.45, 7) is 0.309. The smallest absolute Gasteiger partial charge is 0.337 e. The summed E-state index contributed by atoms with van der Waals surface area (Å²) in [5.74, 6) is -5.47. The molecule has 0 fully saturated rings. The van der Waals surface area contributed by atoms with Gasteiger partial charge in [-0.2, -0.15) is 4.39 Å². The maximum atomic E-state index is 13.2. The number of rotatable bonds is 4. The Morgan fingerprint density at radius 2 is 2.11 bits per heavy atom. The first kappa shape index (κ1) is 14.0. The number of hydrogen-bond donors (Lipinski definition) is 3. The summed E-state index contributed by atoms with van der Waals surface area (Å²) in [5, 5.41) is 19.9. The summed E-state index contributed by atoms with van der Waals surface area (Å²) >= 11 is 0. The molecule has 0 bridgehead atoms. The van der Waals surface area contributed by atoms with Crippen LogP contribution in [0.25, 0.3) is 0 Å². The maximum absolute atomic E-state index is 13.2. The molecule has 98 valence electrons. The number of nitrogens with zero attached hydrogens (tertiary/aromatic N) is 1. The van der Waals surface area contributed by atoms with Gasteiger partial charge >= 0.3 is 5.97 Å². The van der Waals surface area contributed by atoms with E-state index in [1.165, 1.54) is 0 Å². The lowest BCUT2D eigenvalue weighted by Crippen LogP contribution is -2.46. The highest BCUT2D eigenvalue weighted by Gasteiger charge is 2.30. The van der Waals surface area contributed by atoms with Gasteiger partial charge in [0, 0.05) is 6.20 Å². The van der Waals surface area contributed by atoms with Crippen molar-refractivity contribution >= 4 is 11.9 Å². The lowest BCUT2D eigenvalue weighted by Gasteiger charge is -2.18. The number of halogens is 2. The number of amides is 1. The number of carboxylic acids is 1. The van der Waals surface area contributed by atoms with Crippen molar-refractivity contribution in [2.75, 3.05) is 6.54 Å². The summed E-state index contributed by atoms with van der Waals surface area (Å²) in [5.41, 5.74) is -2.82. The Morgan fingerprint density at radius 1 is 1.50 bits per heavy atom. The molecule has 1 rings (SSSR count). The van der Waals surface area contributed by atoms with Gasteiger partial charge in [-0.05, 0) is 13.0 Å². The number of nitrogens with one attached hydrogen (secondary N) is 1. The van der Waals surface area contributed by atoms with E-state index in [-0.39, 0.29) is 0 Å². The largest absolute Gasteiger partial charge is 0.479 e. The van der Waals surface area contributed by atoms with Gasteiger partial charge in [-0.3, -0.25) is 4.79 Å². The minimum atomic E-state index is -2.20. The Morgan fingerprint density at radius 3 is 2.67 bits per heavy atom. The summed E-state index contributed by atoms with van der Waals surface area (Å²) in [6.07, 6.45) is 0.892. The van der Waals surface area contributed by atoms with Crippen LogP contribution in [0.4, 0.5) is 8.78 Å². The van der Waals surface area contributed by atoms with E-state index < -0.39 is 41.4 Å². The fourth-order valence-corrected chi connectivity index (χ4v) is 1.02. The number of carbonyl (C=O) groups excluding carboxylic acids is 1. The van der Waals surface area contributed by atoms with Crippen molar-refractivity contribution in [2.24, 2.45) is 0 Å². The van der Waals surface area contributed by atoms with Gasteiger partial charge < -0.3 is 15.5 Å². The molecule has 8 heteroatoms. The van der Waals surface area contributed by atoms with E-state index in [4.69, 9.17) is 5.11 Å². The average molecular weight is 260 g/mol. The van der Waals surface area contributed by atoms with Gasteiger partial charge in [0.25, 0.3) is 5.91 Å². The van der Waals surface area contributed by atoms with Gasteiger partial charge in [-0.25, -0.2) is 14.2 Å². The number of carboxylic acid groups (broad SMARTS) is 1. The highest BCUT2D eigenvalue weighted by molar-refractivity contribution is 5.94. The number of aromatic nitrogens is 1. The molecule has 0 aromatic carbocycles. The molecule has 3 N–H and O–H groups in total. The van der Waals surface area contributed by atoms with Gasteiger partial charge in [0.2, 0.25) is 5.95 Å². The standard InChI is InChI=1S/C10H10F2N2O4/c1-10(18,9(16)17)4-14-8(15)5-2-3-13-7(12)6(5)11/h2-3,18H,4H2,1H3,(H,14,15)(H,16,17). The summed E-state index contributed by atoms with van der Waals surface area (Å²) < 4.78 is 25.9. The SMILES string of the molecule is CC(O)(CNC(=O)c1ccnc(F)c1F)C(=O)O. The van der Waals surface area contributed by atoms with Crippen molar-refractivity contribution in [1.29, 1.82) is 0 Å². The first-order valence-electron chi connectivity index (χ1n) is 4.79. The van der Waals surface area contributed by atoms with Gasteiger partial charge in [-0.1, -0.05) is 0 Å². The fourth-order valence-electron chi connectivity index (χ4n) is 1.02. The van der Waals surface area contributed by atoms with E-state index in [1.807, 2.05) is 5.32 Å². The van der Waals surface area contributed by atoms with Crippen molar-refractivity contribution < 1.29 is 28.6 Å². The Kier molecular flexibility index (Phi) is 3.92. The van der Waals surface area contributed by atoms with Gasteiger partial charge in [0.05, 0.1) is 12.1 Å². The van der Waals surface area contributed by atoms with Gasteiger partial charge in [-0.15, -0.1) is 0 Å². The topological polar surface area (TPSA) is 99.5 Å². The van der Waals surface area contributed by atoms with Crippen molar-refractivity contribution in [3.63, 3.8) is 0 Å². The molecule has 0 saturated carbocycles. The molecule has 0 aliphatic heterocycles. The first-order valence-corrected chi connectivity index (χ1v) is 4.79. The zero-order valence-electron chi connectivity index (χ0n) is 9.28. The van der Waals surface area contributed by atoms with E-state index in [1.54, 1.807) is 0 Å². The van der Waals surface area contributed by atoms with Crippen LogP contribution in [0.5, 0.6) is 0 Å². The molecule has 0 aliphatic carbocycles. The molecule has 1 heterocycles. The molecule has 1 amide bonds. The number of aliphatic carboxylic acids is 1. The monoisotopic (exact) mass is 260 g/mol. The number of carbonyl (C=O) groups is 2. The summed E-state index contributed by atoms with van der Waals surface area (Å²) in [6, 6.07) is 0.934. The highest BCUT2D eigenvalue weighted by atomic mass is 19.2. The van der Waals surface area contributed by atoms with E-state index in [0.29, 0.717) is 0 Å². The second-order valence-corrected chi connectivity index (χ2v) is 3.72. The molecule has 1 atom stereocenters. The number of aliphatic hydroxyl groups is 1. The normalized spacial score (nSPS) is 13.8. The average Bonchev–Trinajstić information content (AvgIpc) is 2.29. The Hall–Kier alpha value is -2.09. The molecule has 0 saturated heterocycles. The summed E-state index contributed by atoms with van der Waals surface area (Å²) in [4.78, 5) is 25.0. The zero-order valence-corrected chi connectivity index (χ0v) is 9.28. The lowest BCUT2D eigenvalue weighted by atomic mass is 10.1. The zero-order chi connectivity index (χ0) is 13.9. The van der Waals surface area contributed by atoms with E-state index >= 15 is 0 Å². The Labute approximate surface area is 100 Å². The predicted octanol–water partition coefficient (Wildman–Crippen LogP) is -0.0748. The Balaban J connectivity index is 2.78. The molecule has 1 aromatic heterocycles. The molecule has 1 aromatic rings. The van der Waals surface area contributed by atoms with Crippen LogP contribution in [0, 0.1) is 11.8 Å². The van der Waals surface area contributed by atoms with Crippen LogP contribution in [0.15, 0.2) is 12.3 Å².